The molecule has 0 aromatic heterocycles. The van der Waals surface area contributed by atoms with Crippen LogP contribution in [0.3, 0.4) is 0 Å². The lowest BCUT2D eigenvalue weighted by Crippen LogP contribution is -2.01. The molecule has 0 bridgehead atoms. The number of aryl methyl sites for hydroxylation is 1. The largest absolute Gasteiger partial charge is 0.490 e. The predicted octanol–water partition coefficient (Wildman–Crippen LogP) is 5.70. The van der Waals surface area contributed by atoms with Crippen molar-refractivity contribution in [2.24, 2.45) is 0 Å². The second-order valence-corrected chi connectivity index (χ2v) is 6.41. The molecule has 1 N–H and O–H groups in total. The number of halogens is 2. The van der Waals surface area contributed by atoms with E-state index in [1.54, 1.807) is 6.08 Å². The molecule has 0 saturated heterocycles. The molecule has 0 aliphatic carbocycles. The SMILES string of the molecule is C=CCOc1ccc(CNc2c(Br)cc(C)cc2Br)cc1. The number of rotatable bonds is 6. The minimum absolute atomic E-state index is 0.529. The number of nitrogens with one attached hydrogen (secondary N) is 1. The summed E-state index contributed by atoms with van der Waals surface area (Å²) in [6, 6.07) is 12.3. The monoisotopic (exact) mass is 409 g/mol. The van der Waals surface area contributed by atoms with Crippen LogP contribution in [0.25, 0.3) is 0 Å². The van der Waals surface area contributed by atoms with Gasteiger partial charge in [-0.25, -0.2) is 0 Å². The van der Waals surface area contributed by atoms with Gasteiger partial charge < -0.3 is 10.1 Å². The molecule has 0 fully saturated rings. The van der Waals surface area contributed by atoms with Gasteiger partial charge in [0.2, 0.25) is 0 Å². The van der Waals surface area contributed by atoms with E-state index in [0.29, 0.717) is 6.61 Å². The summed E-state index contributed by atoms with van der Waals surface area (Å²) in [5, 5.41) is 3.44. The van der Waals surface area contributed by atoms with Crippen LogP contribution in [0, 0.1) is 6.92 Å². The van der Waals surface area contributed by atoms with Crippen molar-refractivity contribution < 1.29 is 4.74 Å². The first-order valence-electron chi connectivity index (χ1n) is 6.62. The van der Waals surface area contributed by atoms with E-state index in [4.69, 9.17) is 4.74 Å². The zero-order valence-electron chi connectivity index (χ0n) is 11.8. The highest BCUT2D eigenvalue weighted by Gasteiger charge is 2.06. The smallest absolute Gasteiger partial charge is 0.119 e. The van der Waals surface area contributed by atoms with E-state index in [1.807, 2.05) is 12.1 Å². The predicted molar refractivity (Wildman–Crippen MR) is 96.0 cm³/mol. The van der Waals surface area contributed by atoms with Crippen LogP contribution in [0.2, 0.25) is 0 Å². The number of hydrogen-bond donors (Lipinski definition) is 1. The first-order chi connectivity index (χ1) is 10.1. The molecular weight excluding hydrogens is 394 g/mol. The molecule has 2 nitrogen and oxygen atoms in total. The molecule has 110 valence electrons. The fourth-order valence-electron chi connectivity index (χ4n) is 1.92. The Morgan fingerprint density at radius 3 is 2.33 bits per heavy atom. The molecule has 21 heavy (non-hydrogen) atoms. The first-order valence-corrected chi connectivity index (χ1v) is 8.21. The number of anilines is 1. The van der Waals surface area contributed by atoms with Crippen molar-refractivity contribution in [2.45, 2.75) is 13.5 Å². The Balaban J connectivity index is 2.01. The second kappa shape index (κ2) is 7.66. The van der Waals surface area contributed by atoms with Crippen LogP contribution >= 0.6 is 31.9 Å². The van der Waals surface area contributed by atoms with Gasteiger partial charge in [0.25, 0.3) is 0 Å². The van der Waals surface area contributed by atoms with Gasteiger partial charge in [-0.1, -0.05) is 24.8 Å². The molecule has 0 spiro atoms. The van der Waals surface area contributed by atoms with Crippen LogP contribution in [-0.2, 0) is 6.54 Å². The fraction of sp³-hybridized carbons (Fsp3) is 0.176. The number of hydrogen-bond acceptors (Lipinski definition) is 2. The molecule has 0 aliphatic heterocycles. The van der Waals surface area contributed by atoms with Crippen LogP contribution in [0.4, 0.5) is 5.69 Å². The average molecular weight is 411 g/mol. The normalized spacial score (nSPS) is 10.2. The minimum Gasteiger partial charge on any atom is -0.490 e. The van der Waals surface area contributed by atoms with Crippen molar-refractivity contribution in [3.63, 3.8) is 0 Å². The summed E-state index contributed by atoms with van der Waals surface area (Å²) in [5.41, 5.74) is 3.47. The topological polar surface area (TPSA) is 21.3 Å². The van der Waals surface area contributed by atoms with Gasteiger partial charge >= 0.3 is 0 Å². The third-order valence-electron chi connectivity index (χ3n) is 2.95. The van der Waals surface area contributed by atoms with Crippen molar-refractivity contribution in [1.82, 2.24) is 0 Å². The summed E-state index contributed by atoms with van der Waals surface area (Å²) in [6.45, 7) is 6.99. The molecule has 0 saturated carbocycles. The molecule has 0 radical (unpaired) electrons. The molecule has 0 atom stereocenters. The van der Waals surface area contributed by atoms with Gasteiger partial charge in [-0.15, -0.1) is 0 Å². The van der Waals surface area contributed by atoms with Gasteiger partial charge in [0.05, 0.1) is 5.69 Å². The summed E-state index contributed by atoms with van der Waals surface area (Å²) < 4.78 is 7.58. The van der Waals surface area contributed by atoms with Gasteiger partial charge in [-0.3, -0.25) is 0 Å². The van der Waals surface area contributed by atoms with Crippen molar-refractivity contribution in [3.8, 4) is 5.75 Å². The van der Waals surface area contributed by atoms with Gasteiger partial charge in [0.15, 0.2) is 0 Å². The quantitative estimate of drug-likeness (QED) is 0.617. The summed E-state index contributed by atoms with van der Waals surface area (Å²) >= 11 is 7.18. The van der Waals surface area contributed by atoms with E-state index in [-0.39, 0.29) is 0 Å². The maximum atomic E-state index is 5.47. The molecule has 4 heteroatoms. The fourth-order valence-corrected chi connectivity index (χ4v) is 3.61. The van der Waals surface area contributed by atoms with E-state index < -0.39 is 0 Å². The average Bonchev–Trinajstić information content (AvgIpc) is 2.45. The van der Waals surface area contributed by atoms with Crippen LogP contribution in [0.1, 0.15) is 11.1 Å². The Hall–Kier alpha value is -1.26. The minimum atomic E-state index is 0.529. The van der Waals surface area contributed by atoms with Gasteiger partial charge in [0, 0.05) is 15.5 Å². The van der Waals surface area contributed by atoms with Gasteiger partial charge in [-0.05, 0) is 74.2 Å². The van der Waals surface area contributed by atoms with Crippen LogP contribution in [-0.4, -0.2) is 6.61 Å². The lowest BCUT2D eigenvalue weighted by Gasteiger charge is -2.12. The summed E-state index contributed by atoms with van der Waals surface area (Å²) in [4.78, 5) is 0. The van der Waals surface area contributed by atoms with E-state index in [2.05, 4.69) is 74.9 Å². The standard InChI is InChI=1S/C17H17Br2NO/c1-3-8-21-14-6-4-13(5-7-14)11-20-17-15(18)9-12(2)10-16(17)19/h3-7,9-10,20H,1,8,11H2,2H3. The number of ether oxygens (including phenoxy) is 1. The van der Waals surface area contributed by atoms with Gasteiger partial charge in [-0.2, -0.15) is 0 Å². The molecule has 0 amide bonds. The highest BCUT2D eigenvalue weighted by molar-refractivity contribution is 9.11. The van der Waals surface area contributed by atoms with Crippen LogP contribution in [0.15, 0.2) is 58.0 Å². The summed E-state index contributed by atoms with van der Waals surface area (Å²) in [6.07, 6.45) is 1.74. The summed E-state index contributed by atoms with van der Waals surface area (Å²) in [5.74, 6) is 0.858. The molecule has 0 aliphatic rings. The third kappa shape index (κ3) is 4.61. The van der Waals surface area contributed by atoms with E-state index in [1.165, 1.54) is 11.1 Å². The van der Waals surface area contributed by atoms with Crippen LogP contribution in [0.5, 0.6) is 5.75 Å². The Morgan fingerprint density at radius 1 is 1.14 bits per heavy atom. The van der Waals surface area contributed by atoms with Crippen molar-refractivity contribution >= 4 is 37.5 Å². The lowest BCUT2D eigenvalue weighted by atomic mass is 10.2. The highest BCUT2D eigenvalue weighted by Crippen LogP contribution is 2.32. The van der Waals surface area contributed by atoms with Crippen molar-refractivity contribution in [1.29, 1.82) is 0 Å². The summed E-state index contributed by atoms with van der Waals surface area (Å²) in [7, 11) is 0. The van der Waals surface area contributed by atoms with Gasteiger partial charge in [0.1, 0.15) is 12.4 Å². The first kappa shape index (κ1) is 16.1. The molecule has 2 aromatic rings. The van der Waals surface area contributed by atoms with E-state index in [9.17, 15) is 0 Å². The lowest BCUT2D eigenvalue weighted by molar-refractivity contribution is 0.363. The third-order valence-corrected chi connectivity index (χ3v) is 4.20. The maximum absolute atomic E-state index is 5.47. The maximum Gasteiger partial charge on any atom is 0.119 e. The highest BCUT2D eigenvalue weighted by atomic mass is 79.9. The molecule has 2 rings (SSSR count). The Bertz CT molecular complexity index is 600. The van der Waals surface area contributed by atoms with Crippen molar-refractivity contribution in [3.05, 3.63) is 69.1 Å². The van der Waals surface area contributed by atoms with Crippen LogP contribution < -0.4 is 10.1 Å². The van der Waals surface area contributed by atoms with E-state index in [0.717, 1.165) is 26.9 Å². The van der Waals surface area contributed by atoms with E-state index >= 15 is 0 Å². The Kier molecular flexibility index (Phi) is 5.88. The van der Waals surface area contributed by atoms with Crippen molar-refractivity contribution in [2.75, 3.05) is 11.9 Å². The Labute approximate surface area is 142 Å². The zero-order valence-corrected chi connectivity index (χ0v) is 15.0. The molecule has 0 heterocycles. The second-order valence-electron chi connectivity index (χ2n) is 4.70. The molecule has 0 unspecified atom stereocenters. The number of benzene rings is 2. The molecule has 2 aromatic carbocycles. The zero-order chi connectivity index (χ0) is 15.2. The molecular formula is C17H17Br2NO. The Morgan fingerprint density at radius 2 is 1.76 bits per heavy atom.